The number of hydrogen-bond donors (Lipinski definition) is 0. The van der Waals surface area contributed by atoms with Crippen molar-refractivity contribution in [3.8, 4) is 11.5 Å². The smallest absolute Gasteiger partial charge is 0.343 e. The van der Waals surface area contributed by atoms with E-state index >= 15 is 0 Å². The van der Waals surface area contributed by atoms with Crippen LogP contribution >= 0.6 is 11.6 Å². The predicted molar refractivity (Wildman–Crippen MR) is 107 cm³/mol. The number of ketones is 1. The monoisotopic (exact) mass is 390 g/mol. The zero-order valence-corrected chi connectivity index (χ0v) is 15.7. The summed E-state index contributed by atoms with van der Waals surface area (Å²) in [6.07, 6.45) is 1.61. The zero-order chi connectivity index (χ0) is 19.7. The van der Waals surface area contributed by atoms with Crippen molar-refractivity contribution in [2.75, 3.05) is 0 Å². The molecule has 1 aliphatic rings. The molecule has 0 unspecified atom stereocenters. The van der Waals surface area contributed by atoms with Crippen molar-refractivity contribution in [2.45, 2.75) is 6.92 Å². The van der Waals surface area contributed by atoms with Gasteiger partial charge in [-0.05, 0) is 48.9 Å². The van der Waals surface area contributed by atoms with Crippen LogP contribution < -0.4 is 9.47 Å². The van der Waals surface area contributed by atoms with Gasteiger partial charge < -0.3 is 9.47 Å². The summed E-state index contributed by atoms with van der Waals surface area (Å²) in [5, 5.41) is 0.525. The Hall–Kier alpha value is -3.37. The normalized spacial score (nSPS) is 13.9. The van der Waals surface area contributed by atoms with Crippen LogP contribution in [0.2, 0.25) is 5.02 Å². The minimum Gasteiger partial charge on any atom is -0.452 e. The number of halogens is 1. The SMILES string of the molecule is Cc1c(OC(=O)c2ccccc2)ccc2c1O/C(=C\c1ccccc1Cl)C2=O. The second-order valence-electron chi connectivity index (χ2n) is 6.28. The van der Waals surface area contributed by atoms with E-state index < -0.39 is 5.97 Å². The quantitative estimate of drug-likeness (QED) is 0.337. The summed E-state index contributed by atoms with van der Waals surface area (Å²) in [7, 11) is 0. The second kappa shape index (κ2) is 7.33. The van der Waals surface area contributed by atoms with Crippen molar-refractivity contribution < 1.29 is 19.1 Å². The molecule has 0 atom stereocenters. The number of Topliss-reactive ketones (excluding diaryl/α,β-unsaturated/α-hetero) is 1. The van der Waals surface area contributed by atoms with Gasteiger partial charge in [0.1, 0.15) is 11.5 Å². The third-order valence-corrected chi connectivity index (χ3v) is 4.78. The van der Waals surface area contributed by atoms with E-state index in [0.717, 1.165) is 0 Å². The number of hydrogen-bond acceptors (Lipinski definition) is 4. The van der Waals surface area contributed by atoms with Crippen LogP contribution in [-0.2, 0) is 0 Å². The summed E-state index contributed by atoms with van der Waals surface area (Å²) in [6.45, 7) is 1.75. The van der Waals surface area contributed by atoms with Crippen molar-refractivity contribution in [3.63, 3.8) is 0 Å². The summed E-state index contributed by atoms with van der Waals surface area (Å²) in [5.41, 5.74) is 2.14. The van der Waals surface area contributed by atoms with Crippen LogP contribution in [0, 0.1) is 6.92 Å². The largest absolute Gasteiger partial charge is 0.452 e. The first-order valence-corrected chi connectivity index (χ1v) is 9.02. The second-order valence-corrected chi connectivity index (χ2v) is 6.69. The highest BCUT2D eigenvalue weighted by Crippen LogP contribution is 2.39. The molecule has 138 valence electrons. The molecule has 4 nitrogen and oxygen atoms in total. The first-order valence-electron chi connectivity index (χ1n) is 8.64. The molecule has 4 rings (SSSR count). The van der Waals surface area contributed by atoms with Crippen LogP contribution in [-0.4, -0.2) is 11.8 Å². The van der Waals surface area contributed by atoms with Gasteiger partial charge in [-0.1, -0.05) is 48.0 Å². The highest BCUT2D eigenvalue weighted by Gasteiger charge is 2.30. The molecule has 0 aliphatic carbocycles. The maximum absolute atomic E-state index is 12.7. The maximum Gasteiger partial charge on any atom is 0.343 e. The summed E-state index contributed by atoms with van der Waals surface area (Å²) in [6, 6.07) is 19.1. The lowest BCUT2D eigenvalue weighted by Crippen LogP contribution is -2.09. The van der Waals surface area contributed by atoms with Crippen LogP contribution in [0.5, 0.6) is 11.5 Å². The third-order valence-electron chi connectivity index (χ3n) is 4.44. The fourth-order valence-corrected chi connectivity index (χ4v) is 3.14. The molecule has 0 saturated heterocycles. The highest BCUT2D eigenvalue weighted by atomic mass is 35.5. The molecule has 1 heterocycles. The van der Waals surface area contributed by atoms with Crippen molar-refractivity contribution in [3.05, 3.63) is 99.8 Å². The predicted octanol–water partition coefficient (Wildman–Crippen LogP) is 5.48. The minimum absolute atomic E-state index is 0.178. The summed E-state index contributed by atoms with van der Waals surface area (Å²) in [5.74, 6) is 0.206. The summed E-state index contributed by atoms with van der Waals surface area (Å²) >= 11 is 6.16. The zero-order valence-electron chi connectivity index (χ0n) is 14.9. The van der Waals surface area contributed by atoms with Crippen LogP contribution in [0.4, 0.5) is 0 Å². The van der Waals surface area contributed by atoms with Crippen LogP contribution in [0.3, 0.4) is 0 Å². The first-order chi connectivity index (χ1) is 13.5. The average molecular weight is 391 g/mol. The van der Waals surface area contributed by atoms with Crippen molar-refractivity contribution >= 4 is 29.4 Å². The maximum atomic E-state index is 12.7. The van der Waals surface area contributed by atoms with Gasteiger partial charge >= 0.3 is 5.97 Å². The van der Waals surface area contributed by atoms with Gasteiger partial charge in [0, 0.05) is 10.6 Å². The van der Waals surface area contributed by atoms with Gasteiger partial charge in [0.2, 0.25) is 5.78 Å². The Morgan fingerprint density at radius 1 is 1.00 bits per heavy atom. The average Bonchev–Trinajstić information content (AvgIpc) is 3.03. The lowest BCUT2D eigenvalue weighted by molar-refractivity contribution is 0.0733. The van der Waals surface area contributed by atoms with E-state index in [4.69, 9.17) is 21.1 Å². The van der Waals surface area contributed by atoms with Crippen molar-refractivity contribution in [1.82, 2.24) is 0 Å². The standard InChI is InChI=1S/C23H15ClO4/c1-14-19(28-23(26)15-7-3-2-4-8-15)12-11-17-21(25)20(27-22(14)17)13-16-9-5-6-10-18(16)24/h2-13H,1H3/b20-13-. The molecule has 0 spiro atoms. The van der Waals surface area contributed by atoms with Gasteiger partial charge in [0.15, 0.2) is 5.76 Å². The van der Waals surface area contributed by atoms with E-state index in [-0.39, 0.29) is 11.5 Å². The van der Waals surface area contributed by atoms with Gasteiger partial charge in [0.25, 0.3) is 0 Å². The minimum atomic E-state index is -0.472. The number of ether oxygens (including phenoxy) is 2. The van der Waals surface area contributed by atoms with E-state index in [1.54, 1.807) is 61.5 Å². The number of allylic oxidation sites excluding steroid dienone is 1. The van der Waals surface area contributed by atoms with Crippen LogP contribution in [0.15, 0.2) is 72.5 Å². The molecule has 0 radical (unpaired) electrons. The van der Waals surface area contributed by atoms with Gasteiger partial charge in [-0.3, -0.25) is 4.79 Å². The number of esters is 1. The number of benzene rings is 3. The van der Waals surface area contributed by atoms with Gasteiger partial charge in [-0.2, -0.15) is 0 Å². The number of carbonyl (C=O) groups excluding carboxylic acids is 2. The van der Waals surface area contributed by atoms with Gasteiger partial charge in [-0.25, -0.2) is 4.79 Å². The first kappa shape index (κ1) is 18.0. The van der Waals surface area contributed by atoms with Crippen LogP contribution in [0.25, 0.3) is 6.08 Å². The van der Waals surface area contributed by atoms with E-state index in [2.05, 4.69) is 0 Å². The van der Waals surface area contributed by atoms with E-state index in [1.165, 1.54) is 0 Å². The highest BCUT2D eigenvalue weighted by molar-refractivity contribution is 6.32. The molecule has 0 saturated carbocycles. The number of fused-ring (bicyclic) bond motifs is 1. The Kier molecular flexibility index (Phi) is 4.72. The van der Waals surface area contributed by atoms with Gasteiger partial charge in [-0.15, -0.1) is 0 Å². The number of carbonyl (C=O) groups is 2. The Balaban J connectivity index is 1.64. The molecule has 5 heteroatoms. The summed E-state index contributed by atoms with van der Waals surface area (Å²) < 4.78 is 11.3. The molecular weight excluding hydrogens is 376 g/mol. The lowest BCUT2D eigenvalue weighted by atomic mass is 10.1. The molecule has 0 bridgehead atoms. The molecule has 0 amide bonds. The topological polar surface area (TPSA) is 52.6 Å². The van der Waals surface area contributed by atoms with E-state index in [1.807, 2.05) is 18.2 Å². The molecular formula is C23H15ClO4. The molecule has 28 heavy (non-hydrogen) atoms. The van der Waals surface area contributed by atoms with Crippen LogP contribution in [0.1, 0.15) is 31.8 Å². The Morgan fingerprint density at radius 2 is 1.71 bits per heavy atom. The molecule has 3 aromatic rings. The molecule has 0 fully saturated rings. The van der Waals surface area contributed by atoms with E-state index in [9.17, 15) is 9.59 Å². The Bertz CT molecular complexity index is 1120. The number of rotatable bonds is 3. The van der Waals surface area contributed by atoms with Crippen molar-refractivity contribution in [2.24, 2.45) is 0 Å². The lowest BCUT2D eigenvalue weighted by Gasteiger charge is -2.10. The summed E-state index contributed by atoms with van der Waals surface area (Å²) in [4.78, 5) is 25.0. The molecule has 0 N–H and O–H groups in total. The van der Waals surface area contributed by atoms with Gasteiger partial charge in [0.05, 0.1) is 11.1 Å². The molecule has 3 aromatic carbocycles. The van der Waals surface area contributed by atoms with Crippen molar-refractivity contribution in [1.29, 1.82) is 0 Å². The fraction of sp³-hybridized carbons (Fsp3) is 0.0435. The fourth-order valence-electron chi connectivity index (χ4n) is 2.94. The molecule has 1 aliphatic heterocycles. The van der Waals surface area contributed by atoms with E-state index in [0.29, 0.717) is 38.8 Å². The molecule has 0 aromatic heterocycles. The Morgan fingerprint density at radius 3 is 2.46 bits per heavy atom. The Labute approximate surface area is 167 Å². The third kappa shape index (κ3) is 3.30.